The number of likely N-dealkylation sites (tertiary alicyclic amines) is 2. The van der Waals surface area contributed by atoms with Gasteiger partial charge in [0.05, 0.1) is 0 Å². The molecule has 2 heterocycles. The van der Waals surface area contributed by atoms with Gasteiger partial charge in [-0.1, -0.05) is 12.8 Å². The van der Waals surface area contributed by atoms with Gasteiger partial charge in [-0.05, 0) is 78.4 Å². The first-order valence-electron chi connectivity index (χ1n) is 8.65. The summed E-state index contributed by atoms with van der Waals surface area (Å²) in [5.41, 5.74) is 0. The third-order valence-electron chi connectivity index (χ3n) is 5.22. The summed E-state index contributed by atoms with van der Waals surface area (Å²) in [6.07, 6.45) is 10.0. The van der Waals surface area contributed by atoms with Crippen molar-refractivity contribution in [3.05, 3.63) is 0 Å². The van der Waals surface area contributed by atoms with Gasteiger partial charge >= 0.3 is 0 Å². The Balaban J connectivity index is 1.82. The predicted octanol–water partition coefficient (Wildman–Crippen LogP) is 3.76. The average molecular weight is 266 g/mol. The average Bonchev–Trinajstić information content (AvgIpc) is 2.65. The highest BCUT2D eigenvalue weighted by atomic mass is 15.2. The monoisotopic (exact) mass is 266 g/mol. The fraction of sp³-hybridized carbons (Fsp3) is 1.00. The zero-order chi connectivity index (χ0) is 13.7. The Bertz CT molecular complexity index is 246. The van der Waals surface area contributed by atoms with Crippen molar-refractivity contribution in [1.82, 2.24) is 9.80 Å². The molecular formula is C17H34N2. The zero-order valence-electron chi connectivity index (χ0n) is 13.4. The Kier molecular flexibility index (Phi) is 6.15. The van der Waals surface area contributed by atoms with Crippen LogP contribution in [0.15, 0.2) is 0 Å². The van der Waals surface area contributed by atoms with Gasteiger partial charge in [-0.15, -0.1) is 0 Å². The Labute approximate surface area is 120 Å². The molecule has 2 fully saturated rings. The van der Waals surface area contributed by atoms with E-state index in [0.29, 0.717) is 0 Å². The van der Waals surface area contributed by atoms with E-state index in [1.165, 1.54) is 71.1 Å². The molecule has 0 N–H and O–H groups in total. The largest absolute Gasteiger partial charge is 0.301 e. The molecule has 0 saturated carbocycles. The van der Waals surface area contributed by atoms with Gasteiger partial charge in [0.2, 0.25) is 0 Å². The minimum absolute atomic E-state index is 0.728. The number of hydrogen-bond donors (Lipinski definition) is 0. The van der Waals surface area contributed by atoms with Crippen molar-refractivity contribution in [3.63, 3.8) is 0 Å². The van der Waals surface area contributed by atoms with E-state index in [2.05, 4.69) is 30.6 Å². The van der Waals surface area contributed by atoms with Gasteiger partial charge in [0.1, 0.15) is 0 Å². The highest BCUT2D eigenvalue weighted by Crippen LogP contribution is 2.25. The van der Waals surface area contributed by atoms with Gasteiger partial charge in [0.15, 0.2) is 0 Å². The number of piperidine rings is 1. The van der Waals surface area contributed by atoms with Crippen LogP contribution in [0.4, 0.5) is 0 Å². The van der Waals surface area contributed by atoms with E-state index in [1.54, 1.807) is 0 Å². The van der Waals surface area contributed by atoms with Crippen LogP contribution in [0.2, 0.25) is 0 Å². The lowest BCUT2D eigenvalue weighted by Gasteiger charge is -2.35. The second-order valence-corrected chi connectivity index (χ2v) is 7.13. The first-order chi connectivity index (χ1) is 9.16. The first kappa shape index (κ1) is 15.3. The summed E-state index contributed by atoms with van der Waals surface area (Å²) in [5, 5.41) is 0. The summed E-state index contributed by atoms with van der Waals surface area (Å²) >= 11 is 0. The maximum absolute atomic E-state index is 2.74. The van der Waals surface area contributed by atoms with Gasteiger partial charge in [0.25, 0.3) is 0 Å². The quantitative estimate of drug-likeness (QED) is 0.764. The molecule has 0 spiro atoms. The van der Waals surface area contributed by atoms with Crippen molar-refractivity contribution in [2.24, 2.45) is 5.92 Å². The highest BCUT2D eigenvalue weighted by molar-refractivity contribution is 4.79. The van der Waals surface area contributed by atoms with Crippen LogP contribution >= 0.6 is 0 Å². The molecule has 2 atom stereocenters. The molecule has 19 heavy (non-hydrogen) atoms. The van der Waals surface area contributed by atoms with Crippen LogP contribution in [0, 0.1) is 5.92 Å². The molecule has 2 aliphatic heterocycles. The third kappa shape index (κ3) is 4.75. The molecule has 2 heteroatoms. The van der Waals surface area contributed by atoms with E-state index in [-0.39, 0.29) is 0 Å². The van der Waals surface area contributed by atoms with Gasteiger partial charge in [-0.25, -0.2) is 0 Å². The first-order valence-corrected chi connectivity index (χ1v) is 8.65. The van der Waals surface area contributed by atoms with Crippen LogP contribution in [-0.2, 0) is 0 Å². The molecule has 0 aromatic rings. The molecule has 0 radical (unpaired) electrons. The predicted molar refractivity (Wildman–Crippen MR) is 83.6 cm³/mol. The van der Waals surface area contributed by atoms with Gasteiger partial charge in [-0.2, -0.15) is 0 Å². The van der Waals surface area contributed by atoms with Crippen molar-refractivity contribution in [1.29, 1.82) is 0 Å². The molecule has 2 rings (SSSR count). The molecule has 2 saturated heterocycles. The number of rotatable bonds is 4. The van der Waals surface area contributed by atoms with E-state index in [0.717, 1.165) is 18.0 Å². The van der Waals surface area contributed by atoms with Crippen LogP contribution in [0.3, 0.4) is 0 Å². The van der Waals surface area contributed by atoms with Crippen LogP contribution in [-0.4, -0.2) is 48.1 Å². The summed E-state index contributed by atoms with van der Waals surface area (Å²) in [6, 6.07) is 1.53. The van der Waals surface area contributed by atoms with Crippen LogP contribution in [0.25, 0.3) is 0 Å². The van der Waals surface area contributed by atoms with Gasteiger partial charge < -0.3 is 9.80 Å². The molecular weight excluding hydrogens is 232 g/mol. The second kappa shape index (κ2) is 7.64. The molecule has 0 amide bonds. The molecule has 0 aromatic carbocycles. The van der Waals surface area contributed by atoms with E-state index >= 15 is 0 Å². The van der Waals surface area contributed by atoms with Crippen molar-refractivity contribution in [2.45, 2.75) is 77.8 Å². The molecule has 112 valence electrons. The van der Waals surface area contributed by atoms with Crippen LogP contribution < -0.4 is 0 Å². The number of nitrogens with zero attached hydrogens (tertiary/aromatic N) is 2. The van der Waals surface area contributed by atoms with Crippen LogP contribution in [0.1, 0.15) is 65.7 Å². The van der Waals surface area contributed by atoms with Crippen molar-refractivity contribution in [3.8, 4) is 0 Å². The molecule has 0 bridgehead atoms. The molecule has 2 unspecified atom stereocenters. The van der Waals surface area contributed by atoms with E-state index < -0.39 is 0 Å². The Morgan fingerprint density at radius 3 is 2.16 bits per heavy atom. The maximum atomic E-state index is 2.74. The summed E-state index contributed by atoms with van der Waals surface area (Å²) in [4.78, 5) is 5.45. The lowest BCUT2D eigenvalue weighted by Crippen LogP contribution is -2.40. The Hall–Kier alpha value is -0.0800. The third-order valence-corrected chi connectivity index (χ3v) is 5.22. The smallest absolute Gasteiger partial charge is 0.00700 e. The molecule has 0 aromatic heterocycles. The topological polar surface area (TPSA) is 6.48 Å². The van der Waals surface area contributed by atoms with Crippen LogP contribution in [0.5, 0.6) is 0 Å². The van der Waals surface area contributed by atoms with Crippen molar-refractivity contribution >= 4 is 0 Å². The highest BCUT2D eigenvalue weighted by Gasteiger charge is 2.24. The van der Waals surface area contributed by atoms with E-state index in [9.17, 15) is 0 Å². The van der Waals surface area contributed by atoms with E-state index in [4.69, 9.17) is 0 Å². The van der Waals surface area contributed by atoms with E-state index in [1.807, 2.05) is 0 Å². The maximum Gasteiger partial charge on any atom is 0.00700 e. The summed E-state index contributed by atoms with van der Waals surface area (Å²) in [7, 11) is 0. The lowest BCUT2D eigenvalue weighted by molar-refractivity contribution is 0.132. The summed E-state index contributed by atoms with van der Waals surface area (Å²) in [6.45, 7) is 12.6. The fourth-order valence-corrected chi connectivity index (χ4v) is 3.91. The second-order valence-electron chi connectivity index (χ2n) is 7.13. The minimum Gasteiger partial charge on any atom is -0.301 e. The Morgan fingerprint density at radius 2 is 1.47 bits per heavy atom. The lowest BCUT2D eigenvalue weighted by atomic mass is 9.94. The standard InChI is InChI=1S/C17H34N2/c1-15(2)19-12-8-5-9-17(14-19)13-16(3)18-10-6-4-7-11-18/h15-17H,4-14H2,1-3H3. The van der Waals surface area contributed by atoms with Gasteiger partial charge in [-0.3, -0.25) is 0 Å². The Morgan fingerprint density at radius 1 is 0.842 bits per heavy atom. The minimum atomic E-state index is 0.728. The van der Waals surface area contributed by atoms with Crippen molar-refractivity contribution < 1.29 is 0 Å². The SMILES string of the molecule is CC(C)N1CCCCC(CC(C)N2CCCCC2)C1. The number of hydrogen-bond acceptors (Lipinski definition) is 2. The normalized spacial score (nSPS) is 29.4. The van der Waals surface area contributed by atoms with Gasteiger partial charge in [0, 0.05) is 18.6 Å². The summed E-state index contributed by atoms with van der Waals surface area (Å²) < 4.78 is 0. The fourth-order valence-electron chi connectivity index (χ4n) is 3.91. The molecule has 2 nitrogen and oxygen atoms in total. The molecule has 2 aliphatic rings. The molecule has 0 aliphatic carbocycles. The zero-order valence-corrected chi connectivity index (χ0v) is 13.4. The van der Waals surface area contributed by atoms with Crippen molar-refractivity contribution in [2.75, 3.05) is 26.2 Å². The summed E-state index contributed by atoms with van der Waals surface area (Å²) in [5.74, 6) is 0.932.